The largest absolute Gasteiger partial charge is 0.309 e. The van der Waals surface area contributed by atoms with E-state index in [-0.39, 0.29) is 5.41 Å². The third kappa shape index (κ3) is 5.41. The smallest absolute Gasteiger partial charge is 0.164 e. The number of fused-ring (bicyclic) bond motifs is 6. The van der Waals surface area contributed by atoms with Crippen LogP contribution in [0.2, 0.25) is 0 Å². The molecule has 10 aromatic rings. The number of para-hydroxylation sites is 2. The van der Waals surface area contributed by atoms with E-state index < -0.39 is 0 Å². The van der Waals surface area contributed by atoms with Crippen LogP contribution in [0.1, 0.15) is 25.0 Å². The molecular formula is C54H38N4. The molecule has 0 unspecified atom stereocenters. The highest BCUT2D eigenvalue weighted by Gasteiger charge is 2.36. The molecule has 4 nitrogen and oxygen atoms in total. The normalized spacial score (nSPS) is 12.8. The molecule has 0 saturated heterocycles. The van der Waals surface area contributed by atoms with Gasteiger partial charge in [-0.3, -0.25) is 0 Å². The van der Waals surface area contributed by atoms with Gasteiger partial charge in [0, 0.05) is 44.1 Å². The predicted molar refractivity (Wildman–Crippen MR) is 239 cm³/mol. The Balaban J connectivity index is 1.05. The summed E-state index contributed by atoms with van der Waals surface area (Å²) in [5.41, 5.74) is 16.4. The minimum atomic E-state index is -0.0608. The molecule has 0 fully saturated rings. The van der Waals surface area contributed by atoms with Gasteiger partial charge in [-0.2, -0.15) is 0 Å². The molecule has 0 amide bonds. The maximum absolute atomic E-state index is 4.98. The second-order valence-corrected chi connectivity index (χ2v) is 15.6. The van der Waals surface area contributed by atoms with Crippen LogP contribution in [0.15, 0.2) is 194 Å². The lowest BCUT2D eigenvalue weighted by Crippen LogP contribution is -2.14. The van der Waals surface area contributed by atoms with Crippen molar-refractivity contribution in [2.24, 2.45) is 0 Å². The van der Waals surface area contributed by atoms with Gasteiger partial charge in [0.15, 0.2) is 17.5 Å². The van der Waals surface area contributed by atoms with Crippen molar-refractivity contribution in [3.63, 3.8) is 0 Å². The van der Waals surface area contributed by atoms with Crippen LogP contribution in [0.3, 0.4) is 0 Å². The molecule has 0 N–H and O–H groups in total. The zero-order valence-corrected chi connectivity index (χ0v) is 32.3. The van der Waals surface area contributed by atoms with E-state index in [9.17, 15) is 0 Å². The number of nitrogens with zero attached hydrogens (tertiary/aromatic N) is 4. The number of aromatic nitrogens is 4. The Morgan fingerprint density at radius 1 is 0.379 bits per heavy atom. The summed E-state index contributed by atoms with van der Waals surface area (Å²) in [7, 11) is 0. The van der Waals surface area contributed by atoms with Gasteiger partial charge in [-0.1, -0.05) is 190 Å². The van der Waals surface area contributed by atoms with Crippen LogP contribution < -0.4 is 0 Å². The van der Waals surface area contributed by atoms with Crippen LogP contribution in [-0.4, -0.2) is 19.5 Å². The fraction of sp³-hybridized carbons (Fsp3) is 0.0556. The number of benzene rings is 8. The molecule has 58 heavy (non-hydrogen) atoms. The van der Waals surface area contributed by atoms with Crippen molar-refractivity contribution in [2.45, 2.75) is 19.3 Å². The summed E-state index contributed by atoms with van der Waals surface area (Å²) in [6.07, 6.45) is 0. The third-order valence-electron chi connectivity index (χ3n) is 11.9. The fourth-order valence-electron chi connectivity index (χ4n) is 9.06. The molecule has 0 radical (unpaired) electrons. The summed E-state index contributed by atoms with van der Waals surface area (Å²) in [5.74, 6) is 1.94. The number of rotatable bonds is 6. The Kier molecular flexibility index (Phi) is 7.80. The molecule has 274 valence electrons. The molecule has 8 aromatic carbocycles. The first kappa shape index (κ1) is 33.9. The van der Waals surface area contributed by atoms with Gasteiger partial charge in [-0.15, -0.1) is 0 Å². The van der Waals surface area contributed by atoms with Crippen molar-refractivity contribution < 1.29 is 0 Å². The zero-order chi connectivity index (χ0) is 38.8. The molecule has 4 heteroatoms. The van der Waals surface area contributed by atoms with Crippen LogP contribution in [-0.2, 0) is 5.41 Å². The first-order chi connectivity index (χ1) is 28.5. The summed E-state index contributed by atoms with van der Waals surface area (Å²) in [6, 6.07) is 69.1. The lowest BCUT2D eigenvalue weighted by molar-refractivity contribution is 0.660. The first-order valence-electron chi connectivity index (χ1n) is 19.9. The molecule has 0 atom stereocenters. The standard InChI is InChI=1S/C54H38N4/c1-54(2)46-27-11-9-23-45(46)49-41(24-15-28-47(49)54)39-20-13-21-40(34-39)58-48-29-12-10-22-43(48)44-26-14-25-42(50(44)58)35-30-32-38(33-31-35)53-56-51(36-16-5-3-6-17-36)55-52(57-53)37-18-7-4-8-19-37/h3-34H,1-2H3. The molecule has 1 aliphatic carbocycles. The Hall–Kier alpha value is -7.43. The summed E-state index contributed by atoms with van der Waals surface area (Å²) in [5, 5.41) is 2.45. The van der Waals surface area contributed by atoms with Gasteiger partial charge in [0.2, 0.25) is 0 Å². The summed E-state index contributed by atoms with van der Waals surface area (Å²) in [4.78, 5) is 14.9. The number of hydrogen-bond donors (Lipinski definition) is 0. The summed E-state index contributed by atoms with van der Waals surface area (Å²) >= 11 is 0. The minimum Gasteiger partial charge on any atom is -0.309 e. The van der Waals surface area contributed by atoms with E-state index in [1.807, 2.05) is 60.7 Å². The average molecular weight is 743 g/mol. The lowest BCUT2D eigenvalue weighted by atomic mass is 9.82. The monoisotopic (exact) mass is 742 g/mol. The third-order valence-corrected chi connectivity index (χ3v) is 11.9. The quantitative estimate of drug-likeness (QED) is 0.170. The van der Waals surface area contributed by atoms with E-state index in [2.05, 4.69) is 152 Å². The maximum Gasteiger partial charge on any atom is 0.164 e. The zero-order valence-electron chi connectivity index (χ0n) is 32.3. The topological polar surface area (TPSA) is 43.6 Å². The molecule has 2 aromatic heterocycles. The average Bonchev–Trinajstić information content (AvgIpc) is 3.76. The molecule has 2 heterocycles. The molecule has 0 aliphatic heterocycles. The van der Waals surface area contributed by atoms with Gasteiger partial charge in [0.25, 0.3) is 0 Å². The van der Waals surface area contributed by atoms with E-state index in [4.69, 9.17) is 15.0 Å². The molecular weight excluding hydrogens is 705 g/mol. The van der Waals surface area contributed by atoms with E-state index >= 15 is 0 Å². The van der Waals surface area contributed by atoms with Crippen LogP contribution in [0.5, 0.6) is 0 Å². The van der Waals surface area contributed by atoms with Crippen LogP contribution in [0, 0.1) is 0 Å². The van der Waals surface area contributed by atoms with Crippen molar-refractivity contribution in [2.75, 3.05) is 0 Å². The maximum atomic E-state index is 4.98. The lowest BCUT2D eigenvalue weighted by Gasteiger charge is -2.21. The number of hydrogen-bond acceptors (Lipinski definition) is 3. The van der Waals surface area contributed by atoms with Gasteiger partial charge in [-0.25, -0.2) is 15.0 Å². The van der Waals surface area contributed by atoms with Crippen molar-refractivity contribution in [3.05, 3.63) is 205 Å². The second kappa shape index (κ2) is 13.4. The Morgan fingerprint density at radius 2 is 0.879 bits per heavy atom. The van der Waals surface area contributed by atoms with Gasteiger partial charge in [0.1, 0.15) is 0 Å². The van der Waals surface area contributed by atoms with E-state index in [1.165, 1.54) is 55.2 Å². The Morgan fingerprint density at radius 3 is 1.60 bits per heavy atom. The van der Waals surface area contributed by atoms with Crippen LogP contribution in [0.4, 0.5) is 0 Å². The van der Waals surface area contributed by atoms with E-state index in [1.54, 1.807) is 0 Å². The highest BCUT2D eigenvalue weighted by Crippen LogP contribution is 2.52. The van der Waals surface area contributed by atoms with E-state index in [0.29, 0.717) is 17.5 Å². The first-order valence-corrected chi connectivity index (χ1v) is 19.9. The van der Waals surface area contributed by atoms with Gasteiger partial charge in [-0.05, 0) is 57.1 Å². The van der Waals surface area contributed by atoms with Gasteiger partial charge >= 0.3 is 0 Å². The van der Waals surface area contributed by atoms with Crippen LogP contribution in [0.25, 0.3) is 95.0 Å². The summed E-state index contributed by atoms with van der Waals surface area (Å²) < 4.78 is 2.45. The molecule has 11 rings (SSSR count). The fourth-order valence-corrected chi connectivity index (χ4v) is 9.06. The highest BCUT2D eigenvalue weighted by molar-refractivity contribution is 6.14. The molecule has 0 bridgehead atoms. The van der Waals surface area contributed by atoms with Crippen molar-refractivity contribution in [1.29, 1.82) is 0 Å². The van der Waals surface area contributed by atoms with Crippen molar-refractivity contribution in [3.8, 4) is 73.2 Å². The predicted octanol–water partition coefficient (Wildman–Crippen LogP) is 13.6. The van der Waals surface area contributed by atoms with Crippen LogP contribution >= 0.6 is 0 Å². The van der Waals surface area contributed by atoms with Crippen molar-refractivity contribution in [1.82, 2.24) is 19.5 Å². The molecule has 1 aliphatic rings. The second-order valence-electron chi connectivity index (χ2n) is 15.6. The molecule has 0 saturated carbocycles. The Bertz CT molecular complexity index is 3120. The summed E-state index contributed by atoms with van der Waals surface area (Å²) in [6.45, 7) is 4.69. The van der Waals surface area contributed by atoms with E-state index in [0.717, 1.165) is 33.5 Å². The van der Waals surface area contributed by atoms with Crippen molar-refractivity contribution >= 4 is 21.8 Å². The van der Waals surface area contributed by atoms with Gasteiger partial charge < -0.3 is 4.57 Å². The Labute approximate surface area is 337 Å². The highest BCUT2D eigenvalue weighted by atomic mass is 15.0. The SMILES string of the molecule is CC1(C)c2ccccc2-c2c(-c3cccc(-n4c5ccccc5c5cccc(-c6ccc(-c7nc(-c8ccccc8)nc(-c8ccccc8)n7)cc6)c54)c3)cccc21. The molecule has 0 spiro atoms. The van der Waals surface area contributed by atoms with Gasteiger partial charge in [0.05, 0.1) is 11.0 Å². The minimum absolute atomic E-state index is 0.0608.